The first-order chi connectivity index (χ1) is 13.6. The second-order valence-corrected chi connectivity index (χ2v) is 6.06. The molecule has 0 aliphatic heterocycles. The van der Waals surface area contributed by atoms with Gasteiger partial charge in [-0.25, -0.2) is 0 Å². The highest BCUT2D eigenvalue weighted by molar-refractivity contribution is 5.93. The van der Waals surface area contributed by atoms with Crippen molar-refractivity contribution in [2.75, 3.05) is 21.3 Å². The van der Waals surface area contributed by atoms with Crippen LogP contribution in [0.2, 0.25) is 0 Å². The number of carbonyl (C=O) groups is 1. The molecule has 8 heteroatoms. The van der Waals surface area contributed by atoms with Gasteiger partial charge in [-0.3, -0.25) is 14.9 Å². The summed E-state index contributed by atoms with van der Waals surface area (Å²) in [5.74, 6) is 1.28. The van der Waals surface area contributed by atoms with Gasteiger partial charge in [-0.15, -0.1) is 0 Å². The monoisotopic (exact) mass is 382 g/mol. The van der Waals surface area contributed by atoms with Crippen LogP contribution in [0.3, 0.4) is 0 Å². The second-order valence-electron chi connectivity index (χ2n) is 6.06. The van der Waals surface area contributed by atoms with E-state index in [1.54, 1.807) is 51.9 Å². The smallest absolute Gasteiger partial charge is 0.269 e. The van der Waals surface area contributed by atoms with E-state index >= 15 is 0 Å². The second kappa shape index (κ2) is 8.43. The van der Waals surface area contributed by atoms with Gasteiger partial charge in [0.2, 0.25) is 5.75 Å². The Morgan fingerprint density at radius 3 is 2.39 bits per heavy atom. The number of nitrogens with one attached hydrogen (secondary N) is 2. The Bertz CT molecular complexity index is 931. The molecule has 1 amide bonds. The first-order valence-corrected chi connectivity index (χ1v) is 8.64. The molecule has 0 saturated heterocycles. The van der Waals surface area contributed by atoms with Crippen molar-refractivity contribution in [1.29, 1.82) is 0 Å². The summed E-state index contributed by atoms with van der Waals surface area (Å²) in [4.78, 5) is 16.7. The Hall–Kier alpha value is -3.55. The Labute approximate surface area is 162 Å². The van der Waals surface area contributed by atoms with Gasteiger partial charge >= 0.3 is 0 Å². The Morgan fingerprint density at radius 1 is 1.11 bits per heavy atom. The highest BCUT2D eigenvalue weighted by Crippen LogP contribution is 2.39. The van der Waals surface area contributed by atoms with Crippen molar-refractivity contribution in [3.8, 4) is 28.5 Å². The Morgan fingerprint density at radius 2 is 1.82 bits per heavy atom. The fraction of sp³-hybridized carbons (Fsp3) is 0.250. The van der Waals surface area contributed by atoms with Crippen molar-refractivity contribution in [3.05, 3.63) is 54.0 Å². The van der Waals surface area contributed by atoms with Crippen molar-refractivity contribution in [3.63, 3.8) is 0 Å². The van der Waals surface area contributed by atoms with Crippen LogP contribution in [0.4, 0.5) is 0 Å². The SMILES string of the molecule is COc1cc(C(C)NC(=O)c2cc(-c3cccnc3)n[nH]2)cc(OC)c1OC. The van der Waals surface area contributed by atoms with E-state index in [9.17, 15) is 4.79 Å². The third-order valence-corrected chi connectivity index (χ3v) is 4.31. The summed E-state index contributed by atoms with van der Waals surface area (Å²) in [5.41, 5.74) is 2.65. The van der Waals surface area contributed by atoms with Crippen LogP contribution in [0.15, 0.2) is 42.7 Å². The third-order valence-electron chi connectivity index (χ3n) is 4.31. The molecule has 0 fully saturated rings. The average Bonchev–Trinajstić information content (AvgIpc) is 3.23. The zero-order valence-electron chi connectivity index (χ0n) is 16.1. The summed E-state index contributed by atoms with van der Waals surface area (Å²) in [6.07, 6.45) is 3.37. The molecule has 2 N–H and O–H groups in total. The topological polar surface area (TPSA) is 98.4 Å². The summed E-state index contributed by atoms with van der Waals surface area (Å²) >= 11 is 0. The van der Waals surface area contributed by atoms with Gasteiger partial charge in [-0.1, -0.05) is 0 Å². The van der Waals surface area contributed by atoms with Crippen LogP contribution in [0.1, 0.15) is 29.0 Å². The first-order valence-electron chi connectivity index (χ1n) is 8.64. The lowest BCUT2D eigenvalue weighted by atomic mass is 10.1. The number of ether oxygens (including phenoxy) is 3. The number of hydrogen-bond acceptors (Lipinski definition) is 6. The minimum absolute atomic E-state index is 0.274. The molecule has 3 aromatic rings. The van der Waals surface area contributed by atoms with Crippen LogP contribution in [-0.2, 0) is 0 Å². The van der Waals surface area contributed by atoms with E-state index in [4.69, 9.17) is 14.2 Å². The highest BCUT2D eigenvalue weighted by atomic mass is 16.5. The largest absolute Gasteiger partial charge is 0.493 e. The van der Waals surface area contributed by atoms with Gasteiger partial charge in [0, 0.05) is 18.0 Å². The van der Waals surface area contributed by atoms with E-state index < -0.39 is 0 Å². The summed E-state index contributed by atoms with van der Waals surface area (Å²) in [6.45, 7) is 1.87. The van der Waals surface area contributed by atoms with Crippen molar-refractivity contribution >= 4 is 5.91 Å². The minimum atomic E-state index is -0.300. The number of H-pyrrole nitrogens is 1. The normalized spacial score (nSPS) is 11.6. The van der Waals surface area contributed by atoms with E-state index in [2.05, 4.69) is 20.5 Å². The molecule has 0 spiro atoms. The van der Waals surface area contributed by atoms with Gasteiger partial charge in [0.25, 0.3) is 5.91 Å². The highest BCUT2D eigenvalue weighted by Gasteiger charge is 2.19. The van der Waals surface area contributed by atoms with Crippen LogP contribution in [0.5, 0.6) is 17.2 Å². The Balaban J connectivity index is 1.79. The fourth-order valence-corrected chi connectivity index (χ4v) is 2.81. The van der Waals surface area contributed by atoms with Gasteiger partial charge in [0.1, 0.15) is 5.69 Å². The zero-order chi connectivity index (χ0) is 20.1. The summed E-state index contributed by atoms with van der Waals surface area (Å²) < 4.78 is 16.1. The zero-order valence-corrected chi connectivity index (χ0v) is 16.1. The van der Waals surface area contributed by atoms with Gasteiger partial charge < -0.3 is 19.5 Å². The van der Waals surface area contributed by atoms with E-state index in [1.165, 1.54) is 0 Å². The maximum absolute atomic E-state index is 12.6. The number of aromatic amines is 1. The molecule has 1 unspecified atom stereocenters. The van der Waals surface area contributed by atoms with Crippen LogP contribution < -0.4 is 19.5 Å². The number of aromatic nitrogens is 3. The van der Waals surface area contributed by atoms with Crippen LogP contribution in [-0.4, -0.2) is 42.4 Å². The van der Waals surface area contributed by atoms with E-state index in [-0.39, 0.29) is 11.9 Å². The van der Waals surface area contributed by atoms with Crippen LogP contribution in [0.25, 0.3) is 11.3 Å². The number of nitrogens with zero attached hydrogens (tertiary/aromatic N) is 2. The molecule has 28 heavy (non-hydrogen) atoms. The molecule has 0 aliphatic rings. The molecular formula is C20H22N4O4. The van der Waals surface area contributed by atoms with Crippen LogP contribution in [0, 0.1) is 0 Å². The molecule has 3 rings (SSSR count). The maximum Gasteiger partial charge on any atom is 0.269 e. The fourth-order valence-electron chi connectivity index (χ4n) is 2.81. The standard InChI is InChI=1S/C20H22N4O4/c1-12(14-8-17(26-2)19(28-4)18(9-14)27-3)22-20(25)16-10-15(23-24-16)13-6-5-7-21-11-13/h5-12H,1-4H3,(H,22,25)(H,23,24). The molecule has 0 radical (unpaired) electrons. The minimum Gasteiger partial charge on any atom is -0.493 e. The van der Waals surface area contributed by atoms with Crippen LogP contribution >= 0.6 is 0 Å². The molecule has 146 valence electrons. The summed E-state index contributed by atoms with van der Waals surface area (Å²) in [5, 5.41) is 9.89. The van der Waals surface area contributed by atoms with Gasteiger partial charge in [-0.05, 0) is 42.8 Å². The number of carbonyl (C=O) groups excluding carboxylic acids is 1. The number of benzene rings is 1. The number of amides is 1. The van der Waals surface area contributed by atoms with E-state index in [0.29, 0.717) is 28.6 Å². The van der Waals surface area contributed by atoms with E-state index in [0.717, 1.165) is 11.1 Å². The van der Waals surface area contributed by atoms with Crippen molar-refractivity contribution in [2.45, 2.75) is 13.0 Å². The molecule has 1 atom stereocenters. The molecule has 2 aromatic heterocycles. The van der Waals surface area contributed by atoms with Gasteiger partial charge in [0.05, 0.1) is 33.1 Å². The Kier molecular flexibility index (Phi) is 5.78. The summed E-state index contributed by atoms with van der Waals surface area (Å²) in [7, 11) is 4.65. The summed E-state index contributed by atoms with van der Waals surface area (Å²) in [6, 6.07) is 8.69. The van der Waals surface area contributed by atoms with E-state index in [1.807, 2.05) is 19.1 Å². The molecule has 0 saturated carbocycles. The predicted molar refractivity (Wildman–Crippen MR) is 104 cm³/mol. The predicted octanol–water partition coefficient (Wildman–Crippen LogP) is 2.99. The molecule has 0 aliphatic carbocycles. The first kappa shape index (κ1) is 19.2. The molecule has 2 heterocycles. The van der Waals surface area contributed by atoms with Crippen molar-refractivity contribution < 1.29 is 19.0 Å². The average molecular weight is 382 g/mol. The lowest BCUT2D eigenvalue weighted by Crippen LogP contribution is -2.27. The van der Waals surface area contributed by atoms with Crippen molar-refractivity contribution in [1.82, 2.24) is 20.5 Å². The van der Waals surface area contributed by atoms with Crippen molar-refractivity contribution in [2.24, 2.45) is 0 Å². The maximum atomic E-state index is 12.6. The van der Waals surface area contributed by atoms with Gasteiger partial charge in [-0.2, -0.15) is 5.10 Å². The molecule has 8 nitrogen and oxygen atoms in total. The third kappa shape index (κ3) is 3.90. The number of pyridine rings is 1. The lowest BCUT2D eigenvalue weighted by Gasteiger charge is -2.18. The number of rotatable bonds is 7. The lowest BCUT2D eigenvalue weighted by molar-refractivity contribution is 0.0934. The van der Waals surface area contributed by atoms with Gasteiger partial charge in [0.15, 0.2) is 11.5 Å². The quantitative estimate of drug-likeness (QED) is 0.652. The molecular weight excluding hydrogens is 360 g/mol. The number of hydrogen-bond donors (Lipinski definition) is 2. The molecule has 0 bridgehead atoms. The molecule has 1 aromatic carbocycles. The number of methoxy groups -OCH3 is 3.